The van der Waals surface area contributed by atoms with Crippen molar-refractivity contribution in [1.29, 1.82) is 0 Å². The molecule has 0 rings (SSSR count). The molecule has 0 aromatic heterocycles. The second-order valence-electron chi connectivity index (χ2n) is 6.64. The van der Waals surface area contributed by atoms with E-state index in [9.17, 15) is 0 Å². The number of hydrogen-bond donors (Lipinski definition) is 1. The zero-order valence-corrected chi connectivity index (χ0v) is 13.6. The van der Waals surface area contributed by atoms with Gasteiger partial charge in [-0.05, 0) is 46.1 Å². The van der Waals surface area contributed by atoms with Crippen LogP contribution in [0.4, 0.5) is 0 Å². The van der Waals surface area contributed by atoms with Crippen LogP contribution < -0.4 is 5.32 Å². The lowest BCUT2D eigenvalue weighted by molar-refractivity contribution is -0.0449. The van der Waals surface area contributed by atoms with Gasteiger partial charge in [-0.25, -0.2) is 0 Å². The van der Waals surface area contributed by atoms with Crippen LogP contribution in [0.1, 0.15) is 54.4 Å². The van der Waals surface area contributed by atoms with Gasteiger partial charge in [0.05, 0.1) is 11.7 Å². The van der Waals surface area contributed by atoms with E-state index in [1.54, 1.807) is 7.11 Å². The molecule has 0 bridgehead atoms. The number of nitrogens with one attached hydrogen (secondary N) is 1. The van der Waals surface area contributed by atoms with Crippen LogP contribution in [-0.4, -0.2) is 38.5 Å². The SMILES string of the molecule is CCOC(C(CCC(C)(C)OC)NC)C(C)(C)C. The third kappa shape index (κ3) is 6.17. The van der Waals surface area contributed by atoms with Crippen molar-refractivity contribution >= 4 is 0 Å². The van der Waals surface area contributed by atoms with Crippen LogP contribution in [0.3, 0.4) is 0 Å². The molecule has 0 aromatic rings. The molecule has 0 saturated carbocycles. The molecule has 0 heterocycles. The molecule has 0 aliphatic carbocycles. The van der Waals surface area contributed by atoms with Gasteiger partial charge in [0, 0.05) is 19.8 Å². The summed E-state index contributed by atoms with van der Waals surface area (Å²) in [6, 6.07) is 0.361. The second kappa shape index (κ2) is 7.46. The molecule has 0 aromatic carbocycles. The van der Waals surface area contributed by atoms with E-state index in [0.29, 0.717) is 6.04 Å². The molecule has 0 saturated heterocycles. The third-order valence-electron chi connectivity index (χ3n) is 3.55. The third-order valence-corrected chi connectivity index (χ3v) is 3.55. The van der Waals surface area contributed by atoms with E-state index in [1.165, 1.54) is 0 Å². The van der Waals surface area contributed by atoms with Gasteiger partial charge < -0.3 is 14.8 Å². The topological polar surface area (TPSA) is 30.5 Å². The summed E-state index contributed by atoms with van der Waals surface area (Å²) in [5.41, 5.74) is 0.0741. The average Bonchev–Trinajstić information content (AvgIpc) is 2.27. The first-order valence-electron chi connectivity index (χ1n) is 7.02. The van der Waals surface area contributed by atoms with Crippen LogP contribution in [0.25, 0.3) is 0 Å². The Balaban J connectivity index is 4.61. The van der Waals surface area contributed by atoms with Crippen molar-refractivity contribution in [3.63, 3.8) is 0 Å². The molecule has 0 aliphatic heterocycles. The highest BCUT2D eigenvalue weighted by Crippen LogP contribution is 2.28. The van der Waals surface area contributed by atoms with Gasteiger partial charge in [0.15, 0.2) is 0 Å². The normalized spacial score (nSPS) is 16.7. The Bertz CT molecular complexity index is 221. The van der Waals surface area contributed by atoms with Crippen LogP contribution >= 0.6 is 0 Å². The number of rotatable bonds is 8. The lowest BCUT2D eigenvalue weighted by atomic mass is 9.82. The smallest absolute Gasteiger partial charge is 0.0775 e. The summed E-state index contributed by atoms with van der Waals surface area (Å²) >= 11 is 0. The molecule has 2 unspecified atom stereocenters. The number of methoxy groups -OCH3 is 1. The molecule has 0 aliphatic rings. The van der Waals surface area contributed by atoms with Crippen LogP contribution in [-0.2, 0) is 9.47 Å². The maximum atomic E-state index is 5.95. The van der Waals surface area contributed by atoms with E-state index in [0.717, 1.165) is 19.4 Å². The number of ether oxygens (including phenoxy) is 2. The number of likely N-dealkylation sites (N-methyl/N-ethyl adjacent to an activating group) is 1. The molecule has 0 amide bonds. The Morgan fingerprint density at radius 2 is 1.67 bits per heavy atom. The molecule has 3 heteroatoms. The molecule has 0 radical (unpaired) electrons. The molecular formula is C15H33NO2. The van der Waals surface area contributed by atoms with E-state index in [2.05, 4.69) is 46.9 Å². The van der Waals surface area contributed by atoms with Crippen molar-refractivity contribution in [3.8, 4) is 0 Å². The van der Waals surface area contributed by atoms with E-state index < -0.39 is 0 Å². The minimum absolute atomic E-state index is 0.0657. The molecule has 3 nitrogen and oxygen atoms in total. The van der Waals surface area contributed by atoms with Crippen LogP contribution in [0.2, 0.25) is 0 Å². The first-order valence-corrected chi connectivity index (χ1v) is 7.02. The minimum Gasteiger partial charge on any atom is -0.379 e. The summed E-state index contributed by atoms with van der Waals surface area (Å²) in [7, 11) is 3.79. The zero-order chi connectivity index (χ0) is 14.4. The van der Waals surface area contributed by atoms with E-state index in [1.807, 2.05) is 7.05 Å². The molecule has 110 valence electrons. The van der Waals surface area contributed by atoms with Crippen LogP contribution in [0, 0.1) is 5.41 Å². The summed E-state index contributed by atoms with van der Waals surface area (Å²) < 4.78 is 11.4. The lowest BCUT2D eigenvalue weighted by Crippen LogP contribution is -2.47. The van der Waals surface area contributed by atoms with Crippen molar-refractivity contribution in [1.82, 2.24) is 5.32 Å². The quantitative estimate of drug-likeness (QED) is 0.726. The van der Waals surface area contributed by atoms with E-state index in [-0.39, 0.29) is 17.1 Å². The Morgan fingerprint density at radius 3 is 2.00 bits per heavy atom. The minimum atomic E-state index is -0.0657. The molecule has 1 N–H and O–H groups in total. The lowest BCUT2D eigenvalue weighted by Gasteiger charge is -2.38. The van der Waals surface area contributed by atoms with Gasteiger partial charge in [-0.3, -0.25) is 0 Å². The molecule has 0 spiro atoms. The van der Waals surface area contributed by atoms with E-state index >= 15 is 0 Å². The highest BCUT2D eigenvalue weighted by Gasteiger charge is 2.33. The first kappa shape index (κ1) is 17.9. The van der Waals surface area contributed by atoms with Gasteiger partial charge in [-0.1, -0.05) is 20.8 Å². The molecule has 2 atom stereocenters. The highest BCUT2D eigenvalue weighted by molar-refractivity contribution is 4.87. The average molecular weight is 259 g/mol. The van der Waals surface area contributed by atoms with Gasteiger partial charge in [-0.2, -0.15) is 0 Å². The zero-order valence-electron chi connectivity index (χ0n) is 13.6. The fourth-order valence-corrected chi connectivity index (χ4v) is 2.20. The Hall–Kier alpha value is -0.120. The summed E-state index contributed by atoms with van der Waals surface area (Å²) in [4.78, 5) is 0. The molecule has 0 fully saturated rings. The molecule has 18 heavy (non-hydrogen) atoms. The summed E-state index contributed by atoms with van der Waals surface area (Å²) in [5, 5.41) is 3.41. The van der Waals surface area contributed by atoms with E-state index in [4.69, 9.17) is 9.47 Å². The van der Waals surface area contributed by atoms with Crippen molar-refractivity contribution in [3.05, 3.63) is 0 Å². The monoisotopic (exact) mass is 259 g/mol. The van der Waals surface area contributed by atoms with Crippen LogP contribution in [0.5, 0.6) is 0 Å². The Morgan fingerprint density at radius 1 is 1.11 bits per heavy atom. The summed E-state index contributed by atoms with van der Waals surface area (Å²) in [6.07, 6.45) is 2.30. The van der Waals surface area contributed by atoms with Gasteiger partial charge >= 0.3 is 0 Å². The van der Waals surface area contributed by atoms with Crippen molar-refractivity contribution in [2.75, 3.05) is 20.8 Å². The van der Waals surface area contributed by atoms with Crippen LogP contribution in [0.15, 0.2) is 0 Å². The molecular weight excluding hydrogens is 226 g/mol. The highest BCUT2D eigenvalue weighted by atomic mass is 16.5. The van der Waals surface area contributed by atoms with Gasteiger partial charge in [0.2, 0.25) is 0 Å². The summed E-state index contributed by atoms with van der Waals surface area (Å²) in [6.45, 7) is 13.8. The fraction of sp³-hybridized carbons (Fsp3) is 1.00. The van der Waals surface area contributed by atoms with Crippen molar-refractivity contribution in [2.45, 2.75) is 72.1 Å². The Kier molecular flexibility index (Phi) is 7.41. The maximum Gasteiger partial charge on any atom is 0.0775 e. The maximum absolute atomic E-state index is 5.95. The summed E-state index contributed by atoms with van der Waals surface area (Å²) in [5.74, 6) is 0. The predicted molar refractivity (Wildman–Crippen MR) is 78.0 cm³/mol. The van der Waals surface area contributed by atoms with Gasteiger partial charge in [-0.15, -0.1) is 0 Å². The second-order valence-corrected chi connectivity index (χ2v) is 6.64. The predicted octanol–water partition coefficient (Wildman–Crippen LogP) is 3.23. The largest absolute Gasteiger partial charge is 0.379 e. The first-order chi connectivity index (χ1) is 8.18. The standard InChI is InChI=1S/C15H33NO2/c1-9-18-13(14(2,3)4)12(16-7)10-11-15(5,6)17-8/h12-13,16H,9-11H2,1-8H3. The fourth-order valence-electron chi connectivity index (χ4n) is 2.20. The number of hydrogen-bond acceptors (Lipinski definition) is 3. The Labute approximate surface area is 114 Å². The van der Waals surface area contributed by atoms with Gasteiger partial charge in [0.25, 0.3) is 0 Å². The van der Waals surface area contributed by atoms with Gasteiger partial charge in [0.1, 0.15) is 0 Å². The van der Waals surface area contributed by atoms with Crippen molar-refractivity contribution in [2.24, 2.45) is 5.41 Å². The van der Waals surface area contributed by atoms with Crippen molar-refractivity contribution < 1.29 is 9.47 Å².